The van der Waals surface area contributed by atoms with E-state index in [-0.39, 0.29) is 16.7 Å². The summed E-state index contributed by atoms with van der Waals surface area (Å²) in [6.07, 6.45) is 1.60. The van der Waals surface area contributed by atoms with Crippen molar-refractivity contribution in [2.24, 2.45) is 0 Å². The smallest absolute Gasteiger partial charge is 0.272 e. The number of para-hydroxylation sites is 1. The molecule has 0 spiro atoms. The van der Waals surface area contributed by atoms with E-state index in [0.717, 1.165) is 17.5 Å². The Morgan fingerprint density at radius 3 is 2.38 bits per heavy atom. The minimum Gasteiger partial charge on any atom is -0.313 e. The summed E-state index contributed by atoms with van der Waals surface area (Å²) in [6, 6.07) is 15.4. The Hall–Kier alpha value is -2.20. The first-order chi connectivity index (χ1) is 10.2. The maximum atomic E-state index is 11.1. The molecule has 0 radical (unpaired) electrons. The normalized spacial score (nSPS) is 12.1. The molecule has 0 saturated heterocycles. The van der Waals surface area contributed by atoms with Gasteiger partial charge in [0.05, 0.1) is 4.92 Å². The fourth-order valence-electron chi connectivity index (χ4n) is 2.45. The second-order valence-electron chi connectivity index (χ2n) is 5.03. The lowest BCUT2D eigenvalue weighted by atomic mass is 9.97. The molecule has 0 saturated carbocycles. The van der Waals surface area contributed by atoms with Gasteiger partial charge in [-0.25, -0.2) is 0 Å². The van der Waals surface area contributed by atoms with E-state index in [2.05, 4.69) is 36.5 Å². The van der Waals surface area contributed by atoms with Crippen molar-refractivity contribution >= 4 is 5.69 Å². The van der Waals surface area contributed by atoms with E-state index in [1.165, 1.54) is 5.56 Å². The summed E-state index contributed by atoms with van der Waals surface area (Å²) >= 11 is 0. The number of rotatable bonds is 6. The molecule has 2 aromatic rings. The highest BCUT2D eigenvalue weighted by molar-refractivity contribution is 5.41. The molecular formula is C17H20N2O2. The monoisotopic (exact) mass is 284 g/mol. The second kappa shape index (κ2) is 6.99. The Bertz CT molecular complexity index is 608. The van der Waals surface area contributed by atoms with Crippen molar-refractivity contribution in [2.75, 3.05) is 7.05 Å². The van der Waals surface area contributed by atoms with Crippen LogP contribution >= 0.6 is 0 Å². The lowest BCUT2D eigenvalue weighted by Gasteiger charge is -2.17. The molecule has 0 aliphatic heterocycles. The number of nitro benzene ring substituents is 1. The fraction of sp³-hybridized carbons (Fsp3) is 0.294. The van der Waals surface area contributed by atoms with Gasteiger partial charge in [0.15, 0.2) is 0 Å². The van der Waals surface area contributed by atoms with E-state index in [0.29, 0.717) is 6.42 Å². The van der Waals surface area contributed by atoms with Crippen molar-refractivity contribution < 1.29 is 4.92 Å². The fourth-order valence-corrected chi connectivity index (χ4v) is 2.45. The first-order valence-electron chi connectivity index (χ1n) is 7.14. The van der Waals surface area contributed by atoms with E-state index in [1.54, 1.807) is 12.1 Å². The largest absolute Gasteiger partial charge is 0.313 e. The zero-order valence-electron chi connectivity index (χ0n) is 12.4. The zero-order valence-corrected chi connectivity index (χ0v) is 12.4. The summed E-state index contributed by atoms with van der Waals surface area (Å²) < 4.78 is 0. The number of hydrogen-bond donors (Lipinski definition) is 1. The number of benzene rings is 2. The molecule has 0 aromatic heterocycles. The second-order valence-corrected chi connectivity index (χ2v) is 5.03. The lowest BCUT2D eigenvalue weighted by molar-refractivity contribution is -0.385. The lowest BCUT2D eigenvalue weighted by Crippen LogP contribution is -2.19. The van der Waals surface area contributed by atoms with Crippen LogP contribution in [0.25, 0.3) is 0 Å². The number of nitro groups is 1. The van der Waals surface area contributed by atoms with Crippen LogP contribution in [-0.2, 0) is 12.8 Å². The number of aryl methyl sites for hydroxylation is 1. The molecule has 0 bridgehead atoms. The van der Waals surface area contributed by atoms with Gasteiger partial charge in [-0.3, -0.25) is 10.1 Å². The van der Waals surface area contributed by atoms with Crippen molar-refractivity contribution in [2.45, 2.75) is 25.8 Å². The summed E-state index contributed by atoms with van der Waals surface area (Å²) in [5.41, 5.74) is 3.37. The van der Waals surface area contributed by atoms with Gasteiger partial charge < -0.3 is 5.32 Å². The van der Waals surface area contributed by atoms with Crippen molar-refractivity contribution in [1.82, 2.24) is 5.32 Å². The van der Waals surface area contributed by atoms with E-state index in [4.69, 9.17) is 0 Å². The van der Waals surface area contributed by atoms with Crippen LogP contribution in [0.15, 0.2) is 48.5 Å². The average Bonchev–Trinajstić information content (AvgIpc) is 2.53. The Balaban J connectivity index is 2.24. The predicted molar refractivity (Wildman–Crippen MR) is 84.4 cm³/mol. The van der Waals surface area contributed by atoms with Gasteiger partial charge in [-0.1, -0.05) is 49.4 Å². The Kier molecular flexibility index (Phi) is 5.06. The van der Waals surface area contributed by atoms with Gasteiger partial charge in [0.1, 0.15) is 0 Å². The quantitative estimate of drug-likeness (QED) is 0.650. The third-order valence-electron chi connectivity index (χ3n) is 3.75. The summed E-state index contributed by atoms with van der Waals surface area (Å²) in [5.74, 6) is 0. The third-order valence-corrected chi connectivity index (χ3v) is 3.75. The molecule has 0 aliphatic carbocycles. The Morgan fingerprint density at radius 1 is 1.14 bits per heavy atom. The van der Waals surface area contributed by atoms with E-state index >= 15 is 0 Å². The van der Waals surface area contributed by atoms with Crippen LogP contribution in [-0.4, -0.2) is 12.0 Å². The molecule has 21 heavy (non-hydrogen) atoms. The van der Waals surface area contributed by atoms with Crippen LogP contribution < -0.4 is 5.32 Å². The molecule has 1 unspecified atom stereocenters. The van der Waals surface area contributed by atoms with Crippen LogP contribution in [0.5, 0.6) is 0 Å². The minimum absolute atomic E-state index is 0.0667. The molecule has 110 valence electrons. The summed E-state index contributed by atoms with van der Waals surface area (Å²) in [7, 11) is 1.88. The van der Waals surface area contributed by atoms with Gasteiger partial charge in [0.2, 0.25) is 0 Å². The Morgan fingerprint density at radius 2 is 1.81 bits per heavy atom. The van der Waals surface area contributed by atoms with Crippen LogP contribution in [0.3, 0.4) is 0 Å². The van der Waals surface area contributed by atoms with Gasteiger partial charge in [0, 0.05) is 17.7 Å². The maximum Gasteiger partial charge on any atom is 0.272 e. The molecule has 0 fully saturated rings. The van der Waals surface area contributed by atoms with Gasteiger partial charge in [-0.15, -0.1) is 0 Å². The molecule has 2 rings (SSSR count). The van der Waals surface area contributed by atoms with E-state index < -0.39 is 0 Å². The summed E-state index contributed by atoms with van der Waals surface area (Å²) in [4.78, 5) is 10.8. The topological polar surface area (TPSA) is 55.2 Å². The van der Waals surface area contributed by atoms with Gasteiger partial charge in [-0.05, 0) is 31.0 Å². The number of nitrogens with one attached hydrogen (secondary N) is 1. The van der Waals surface area contributed by atoms with Crippen LogP contribution in [0, 0.1) is 10.1 Å². The molecule has 1 atom stereocenters. The molecule has 0 heterocycles. The summed E-state index contributed by atoms with van der Waals surface area (Å²) in [6.45, 7) is 2.12. The standard InChI is InChI=1S/C17H20N2O2/c1-3-13-8-10-14(11-9-13)16(18-2)12-15-6-4-5-7-17(15)19(20)21/h4-11,16,18H,3,12H2,1-2H3. The highest BCUT2D eigenvalue weighted by atomic mass is 16.6. The molecule has 2 aromatic carbocycles. The average molecular weight is 284 g/mol. The molecule has 1 N–H and O–H groups in total. The highest BCUT2D eigenvalue weighted by Crippen LogP contribution is 2.25. The van der Waals surface area contributed by atoms with Crippen molar-refractivity contribution in [3.63, 3.8) is 0 Å². The first kappa shape index (κ1) is 15.2. The predicted octanol–water partition coefficient (Wildman–Crippen LogP) is 3.66. The van der Waals surface area contributed by atoms with Gasteiger partial charge in [-0.2, -0.15) is 0 Å². The Labute approximate surface area is 125 Å². The van der Waals surface area contributed by atoms with Crippen LogP contribution in [0.1, 0.15) is 29.7 Å². The van der Waals surface area contributed by atoms with Crippen molar-refractivity contribution in [3.05, 3.63) is 75.3 Å². The van der Waals surface area contributed by atoms with Gasteiger partial charge in [0.25, 0.3) is 5.69 Å². The number of nitrogens with zero attached hydrogens (tertiary/aromatic N) is 1. The minimum atomic E-state index is -0.317. The molecule has 0 aliphatic rings. The van der Waals surface area contributed by atoms with E-state index in [9.17, 15) is 10.1 Å². The van der Waals surface area contributed by atoms with Crippen molar-refractivity contribution in [1.29, 1.82) is 0 Å². The number of hydrogen-bond acceptors (Lipinski definition) is 3. The molecule has 0 amide bonds. The zero-order chi connectivity index (χ0) is 15.2. The molecular weight excluding hydrogens is 264 g/mol. The number of likely N-dealkylation sites (N-methyl/N-ethyl adjacent to an activating group) is 1. The van der Waals surface area contributed by atoms with Crippen LogP contribution in [0.2, 0.25) is 0 Å². The van der Waals surface area contributed by atoms with E-state index in [1.807, 2.05) is 19.2 Å². The SMILES string of the molecule is CCc1ccc(C(Cc2ccccc2[N+](=O)[O-])NC)cc1. The molecule has 4 heteroatoms. The summed E-state index contributed by atoms with van der Waals surface area (Å²) in [5, 5.41) is 14.3. The maximum absolute atomic E-state index is 11.1. The third kappa shape index (κ3) is 3.67. The first-order valence-corrected chi connectivity index (χ1v) is 7.14. The van der Waals surface area contributed by atoms with Crippen LogP contribution in [0.4, 0.5) is 5.69 Å². The highest BCUT2D eigenvalue weighted by Gasteiger charge is 2.17. The van der Waals surface area contributed by atoms with Gasteiger partial charge >= 0.3 is 0 Å². The molecule has 4 nitrogen and oxygen atoms in total. The van der Waals surface area contributed by atoms with Crippen molar-refractivity contribution in [3.8, 4) is 0 Å².